The summed E-state index contributed by atoms with van der Waals surface area (Å²) in [6.45, 7) is 1.29. The molecule has 0 aliphatic carbocycles. The predicted octanol–water partition coefficient (Wildman–Crippen LogP) is 1.95. The Balaban J connectivity index is 1.37. The van der Waals surface area contributed by atoms with Crippen LogP contribution in [0.4, 0.5) is 10.1 Å². The number of rotatable bonds is 8. The Labute approximate surface area is 223 Å². The summed E-state index contributed by atoms with van der Waals surface area (Å²) in [5.74, 6) is -2.39. The molecule has 0 spiro atoms. The van der Waals surface area contributed by atoms with Gasteiger partial charge in [0.05, 0.1) is 30.3 Å². The van der Waals surface area contributed by atoms with Crippen LogP contribution in [0.3, 0.4) is 0 Å². The van der Waals surface area contributed by atoms with E-state index >= 15 is 0 Å². The number of hydrogen-bond donors (Lipinski definition) is 3. The minimum Gasteiger partial charge on any atom is -0.433 e. The van der Waals surface area contributed by atoms with Crippen molar-refractivity contribution >= 4 is 41.0 Å². The molecule has 2 aromatic rings. The third-order valence-electron chi connectivity index (χ3n) is 6.36. The maximum absolute atomic E-state index is 14.4. The monoisotopic (exact) mass is 546 g/mol. The number of anilines is 1. The topological polar surface area (TPSA) is 140 Å². The molecule has 0 saturated carbocycles. The number of nitrogens with zero attached hydrogens (tertiary/aromatic N) is 1. The van der Waals surface area contributed by atoms with Crippen LogP contribution in [0.15, 0.2) is 48.5 Å². The van der Waals surface area contributed by atoms with Crippen LogP contribution in [-0.2, 0) is 30.5 Å². The average Bonchev–Trinajstić information content (AvgIpc) is 3.45. The minimum atomic E-state index is -1.43. The number of ether oxygens (including phenoxy) is 2. The van der Waals surface area contributed by atoms with E-state index in [4.69, 9.17) is 26.8 Å². The largest absolute Gasteiger partial charge is 0.433 e. The van der Waals surface area contributed by atoms with Crippen molar-refractivity contribution in [1.29, 1.82) is 0 Å². The van der Waals surface area contributed by atoms with Gasteiger partial charge >= 0.3 is 5.97 Å². The fourth-order valence-corrected chi connectivity index (χ4v) is 4.55. The van der Waals surface area contributed by atoms with Crippen LogP contribution in [0.25, 0.3) is 0 Å². The second kappa shape index (κ2) is 11.8. The molecule has 3 amide bonds. The second-order valence-corrected chi connectivity index (χ2v) is 9.65. The number of carbonyl (C=O) groups is 4. The number of cyclic esters (lactones) is 1. The van der Waals surface area contributed by atoms with Gasteiger partial charge in [-0.15, -0.1) is 0 Å². The number of alkyl halides is 1. The number of nitrogen functional groups attached to an aromatic ring is 1. The van der Waals surface area contributed by atoms with E-state index in [0.717, 1.165) is 10.5 Å². The lowest BCUT2D eigenvalue weighted by molar-refractivity contribution is -0.168. The molecule has 2 heterocycles. The van der Waals surface area contributed by atoms with E-state index in [0.29, 0.717) is 5.69 Å². The van der Waals surface area contributed by atoms with E-state index in [1.807, 2.05) is 30.3 Å². The molecule has 0 aromatic heterocycles. The van der Waals surface area contributed by atoms with E-state index in [-0.39, 0.29) is 36.6 Å². The first-order chi connectivity index (χ1) is 18.1. The Hall–Kier alpha value is -3.70. The van der Waals surface area contributed by atoms with Crippen LogP contribution in [0.5, 0.6) is 0 Å². The molecule has 10 nitrogen and oxygen atoms in total. The van der Waals surface area contributed by atoms with Gasteiger partial charge in [0.1, 0.15) is 24.3 Å². The molecule has 2 saturated heterocycles. The third-order valence-corrected chi connectivity index (χ3v) is 6.69. The van der Waals surface area contributed by atoms with Crippen molar-refractivity contribution in [2.24, 2.45) is 0 Å². The van der Waals surface area contributed by atoms with E-state index in [2.05, 4.69) is 10.6 Å². The zero-order valence-electron chi connectivity index (χ0n) is 20.6. The SMILES string of the molecule is C[C@H](NC(=O)c1ccc(N)c(Cl)c1)C(=O)N1CC(F)C[C@H]1C(=O)N[C@H]1CC(=O)OC1OCc1ccccc1. The number of carbonyl (C=O) groups excluding carboxylic acids is 4. The number of hydrogen-bond acceptors (Lipinski definition) is 7. The standard InChI is InChI=1S/C26H28ClFN4O6/c1-14(30-23(34)16-7-8-19(29)18(27)9-16)25(36)32-12-17(28)10-21(32)24(35)31-20-11-22(33)38-26(20)37-13-15-5-3-2-4-6-15/h2-9,14,17,20-21,26H,10-13,29H2,1H3,(H,30,34)(H,31,35)/t14-,17?,20-,21-,26?/m0/s1. The summed E-state index contributed by atoms with van der Waals surface area (Å²) < 4.78 is 25.3. The third kappa shape index (κ3) is 6.40. The minimum absolute atomic E-state index is 0.123. The quantitative estimate of drug-likeness (QED) is 0.339. The van der Waals surface area contributed by atoms with Gasteiger partial charge in [-0.1, -0.05) is 41.9 Å². The first-order valence-electron chi connectivity index (χ1n) is 12.1. The molecular formula is C26H28ClFN4O6. The van der Waals surface area contributed by atoms with Gasteiger partial charge in [0.15, 0.2) is 0 Å². The van der Waals surface area contributed by atoms with Crippen molar-refractivity contribution in [3.05, 3.63) is 64.7 Å². The van der Waals surface area contributed by atoms with E-state index in [1.54, 1.807) is 0 Å². The van der Waals surface area contributed by atoms with Crippen LogP contribution >= 0.6 is 11.6 Å². The number of esters is 1. The van der Waals surface area contributed by atoms with Crippen molar-refractivity contribution in [3.63, 3.8) is 0 Å². The fourth-order valence-electron chi connectivity index (χ4n) is 4.37. The van der Waals surface area contributed by atoms with Crippen LogP contribution in [-0.4, -0.2) is 65.7 Å². The molecule has 2 unspecified atom stereocenters. The molecule has 202 valence electrons. The summed E-state index contributed by atoms with van der Waals surface area (Å²) >= 11 is 5.97. The van der Waals surface area contributed by atoms with E-state index in [1.165, 1.54) is 25.1 Å². The summed E-state index contributed by atoms with van der Waals surface area (Å²) in [4.78, 5) is 51.8. The number of amides is 3. The van der Waals surface area contributed by atoms with Gasteiger partial charge in [0.25, 0.3) is 5.91 Å². The Kier molecular flexibility index (Phi) is 8.48. The molecule has 12 heteroatoms. The Morgan fingerprint density at radius 3 is 2.68 bits per heavy atom. The van der Waals surface area contributed by atoms with Gasteiger partial charge in [-0.2, -0.15) is 0 Å². The van der Waals surface area contributed by atoms with Crippen molar-refractivity contribution < 1.29 is 33.0 Å². The maximum atomic E-state index is 14.4. The van der Waals surface area contributed by atoms with Gasteiger partial charge in [0, 0.05) is 12.0 Å². The van der Waals surface area contributed by atoms with Crippen molar-refractivity contribution in [1.82, 2.24) is 15.5 Å². The highest BCUT2D eigenvalue weighted by Gasteiger charge is 2.44. The second-order valence-electron chi connectivity index (χ2n) is 9.24. The molecule has 0 bridgehead atoms. The highest BCUT2D eigenvalue weighted by molar-refractivity contribution is 6.33. The Morgan fingerprint density at radius 2 is 1.97 bits per heavy atom. The molecule has 2 aliphatic heterocycles. The van der Waals surface area contributed by atoms with Crippen LogP contribution in [0.1, 0.15) is 35.7 Å². The summed E-state index contributed by atoms with van der Waals surface area (Å²) in [6, 6.07) is 10.5. The number of halogens is 2. The number of nitrogens with two attached hydrogens (primary N) is 1. The molecule has 2 fully saturated rings. The Bertz CT molecular complexity index is 1220. The molecule has 38 heavy (non-hydrogen) atoms. The van der Waals surface area contributed by atoms with Gasteiger partial charge in [-0.05, 0) is 30.7 Å². The number of likely N-dealkylation sites (tertiary alicyclic amines) is 1. The number of nitrogens with one attached hydrogen (secondary N) is 2. The van der Waals surface area contributed by atoms with Crippen LogP contribution in [0, 0.1) is 0 Å². The average molecular weight is 547 g/mol. The predicted molar refractivity (Wildman–Crippen MR) is 135 cm³/mol. The molecule has 2 aliphatic rings. The van der Waals surface area contributed by atoms with E-state index < -0.39 is 54.3 Å². The highest BCUT2D eigenvalue weighted by atomic mass is 35.5. The van der Waals surface area contributed by atoms with Crippen LogP contribution in [0.2, 0.25) is 5.02 Å². The van der Waals surface area contributed by atoms with Gasteiger partial charge in [-0.25, -0.2) is 4.39 Å². The first-order valence-corrected chi connectivity index (χ1v) is 12.5. The lowest BCUT2D eigenvalue weighted by Crippen LogP contribution is -2.54. The molecular weight excluding hydrogens is 519 g/mol. The van der Waals surface area contributed by atoms with Crippen molar-refractivity contribution in [3.8, 4) is 0 Å². The summed E-state index contributed by atoms with van der Waals surface area (Å²) in [5.41, 5.74) is 7.01. The zero-order valence-corrected chi connectivity index (χ0v) is 21.3. The van der Waals surface area contributed by atoms with Crippen LogP contribution < -0.4 is 16.4 Å². The normalized spacial score (nSPS) is 23.6. The van der Waals surface area contributed by atoms with Crippen molar-refractivity contribution in [2.75, 3.05) is 12.3 Å². The molecule has 4 rings (SSSR count). The molecule has 5 atom stereocenters. The molecule has 2 aromatic carbocycles. The summed E-state index contributed by atoms with van der Waals surface area (Å²) in [7, 11) is 0. The van der Waals surface area contributed by atoms with Crippen molar-refractivity contribution in [2.45, 2.75) is 57.0 Å². The Morgan fingerprint density at radius 1 is 1.24 bits per heavy atom. The number of benzene rings is 2. The maximum Gasteiger partial charge on any atom is 0.310 e. The van der Waals surface area contributed by atoms with Gasteiger partial charge < -0.3 is 30.7 Å². The van der Waals surface area contributed by atoms with E-state index in [9.17, 15) is 23.6 Å². The lowest BCUT2D eigenvalue weighted by atomic mass is 10.1. The van der Waals surface area contributed by atoms with Gasteiger partial charge in [-0.3, -0.25) is 19.2 Å². The summed E-state index contributed by atoms with van der Waals surface area (Å²) in [5, 5.41) is 5.41. The molecule has 0 radical (unpaired) electrons. The highest BCUT2D eigenvalue weighted by Crippen LogP contribution is 2.24. The lowest BCUT2D eigenvalue weighted by Gasteiger charge is -2.28. The smallest absolute Gasteiger partial charge is 0.310 e. The fraction of sp³-hybridized carbons (Fsp3) is 0.385. The molecule has 4 N–H and O–H groups in total. The first kappa shape index (κ1) is 27.3. The van der Waals surface area contributed by atoms with Gasteiger partial charge in [0.2, 0.25) is 18.1 Å². The summed E-state index contributed by atoms with van der Waals surface area (Å²) in [6.07, 6.45) is -2.80. The zero-order chi connectivity index (χ0) is 27.4.